The van der Waals surface area contributed by atoms with E-state index >= 15 is 0 Å². The Balaban J connectivity index is 1.95. The molecule has 180 valence electrons. The molecule has 2 aromatic rings. The third kappa shape index (κ3) is 6.00. The second-order valence-corrected chi connectivity index (χ2v) is 11.0. The van der Waals surface area contributed by atoms with E-state index in [2.05, 4.69) is 11.3 Å². The molecule has 1 atom stereocenters. The van der Waals surface area contributed by atoms with E-state index in [1.54, 1.807) is 19.9 Å². The van der Waals surface area contributed by atoms with Crippen LogP contribution in [0.15, 0.2) is 35.7 Å². The van der Waals surface area contributed by atoms with Gasteiger partial charge in [-0.3, -0.25) is 4.72 Å². The van der Waals surface area contributed by atoms with Crippen LogP contribution in [0.1, 0.15) is 31.4 Å². The lowest BCUT2D eigenvalue weighted by Crippen LogP contribution is -2.24. The summed E-state index contributed by atoms with van der Waals surface area (Å²) in [7, 11) is -3.10. The summed E-state index contributed by atoms with van der Waals surface area (Å²) in [6.45, 7) is 7.18. The lowest BCUT2D eigenvalue weighted by Gasteiger charge is -2.20. The van der Waals surface area contributed by atoms with Crippen molar-refractivity contribution in [2.45, 2.75) is 38.6 Å². The molecule has 6 nitrogen and oxygen atoms in total. The van der Waals surface area contributed by atoms with Gasteiger partial charge in [-0.1, -0.05) is 12.6 Å². The molecule has 1 fully saturated rings. The van der Waals surface area contributed by atoms with Crippen LogP contribution in [0.2, 0.25) is 0 Å². The summed E-state index contributed by atoms with van der Waals surface area (Å²) in [5.74, 6) is -4.31. The third-order valence-electron chi connectivity index (χ3n) is 5.02. The zero-order chi connectivity index (χ0) is 24.6. The van der Waals surface area contributed by atoms with Crippen molar-refractivity contribution in [1.82, 2.24) is 0 Å². The number of rotatable bonds is 8. The summed E-state index contributed by atoms with van der Waals surface area (Å²) in [6, 6.07) is 4.98. The molecule has 33 heavy (non-hydrogen) atoms. The maximum atomic E-state index is 14.8. The SMILES string of the molecule is C=C(C[C@H]1COC(C)(C)O1)S(=O)(=O)Nc1c(OC)cc(F)c(F)c1Cc1ccc(I)cc1F. The second kappa shape index (κ2) is 9.80. The third-order valence-corrected chi connectivity index (χ3v) is 7.09. The first-order chi connectivity index (χ1) is 15.3. The van der Waals surface area contributed by atoms with Crippen molar-refractivity contribution in [3.05, 3.63) is 67.9 Å². The number of sulfonamides is 1. The Bertz CT molecular complexity index is 1190. The van der Waals surface area contributed by atoms with E-state index in [0.29, 0.717) is 3.57 Å². The lowest BCUT2D eigenvalue weighted by atomic mass is 10.0. The lowest BCUT2D eigenvalue weighted by molar-refractivity contribution is -0.137. The second-order valence-electron chi connectivity index (χ2n) is 7.94. The molecule has 1 heterocycles. The predicted molar refractivity (Wildman–Crippen MR) is 126 cm³/mol. The number of hydrogen-bond donors (Lipinski definition) is 1. The van der Waals surface area contributed by atoms with Crippen LogP contribution >= 0.6 is 22.6 Å². The van der Waals surface area contributed by atoms with Gasteiger partial charge >= 0.3 is 0 Å². The Hall–Kier alpha value is -1.83. The Morgan fingerprint density at radius 1 is 1.27 bits per heavy atom. The summed E-state index contributed by atoms with van der Waals surface area (Å²) >= 11 is 1.92. The summed E-state index contributed by atoms with van der Waals surface area (Å²) in [5, 5.41) is 0. The largest absolute Gasteiger partial charge is 0.494 e. The van der Waals surface area contributed by atoms with Gasteiger partial charge in [0.2, 0.25) is 0 Å². The van der Waals surface area contributed by atoms with Gasteiger partial charge in [-0.05, 0) is 54.1 Å². The first-order valence-electron chi connectivity index (χ1n) is 9.84. The number of ether oxygens (including phenoxy) is 3. The van der Waals surface area contributed by atoms with Gasteiger partial charge < -0.3 is 14.2 Å². The molecule has 0 unspecified atom stereocenters. The van der Waals surface area contributed by atoms with Crippen molar-refractivity contribution in [2.75, 3.05) is 18.4 Å². The quantitative estimate of drug-likeness (QED) is 0.429. The summed E-state index contributed by atoms with van der Waals surface area (Å²) < 4.78 is 88.4. The fourth-order valence-corrected chi connectivity index (χ4v) is 4.88. The van der Waals surface area contributed by atoms with Crippen LogP contribution in [0.5, 0.6) is 5.75 Å². The molecule has 0 bridgehead atoms. The van der Waals surface area contributed by atoms with Crippen LogP contribution in [0.4, 0.5) is 18.9 Å². The molecular weight excluding hydrogens is 574 g/mol. The highest BCUT2D eigenvalue weighted by molar-refractivity contribution is 14.1. The molecule has 11 heteroatoms. The monoisotopic (exact) mass is 597 g/mol. The van der Waals surface area contributed by atoms with E-state index in [-0.39, 0.29) is 34.9 Å². The summed E-state index contributed by atoms with van der Waals surface area (Å²) in [5.41, 5.74) is -0.677. The molecule has 1 aliphatic rings. The van der Waals surface area contributed by atoms with Gasteiger partial charge in [-0.15, -0.1) is 0 Å². The van der Waals surface area contributed by atoms with E-state index in [9.17, 15) is 21.6 Å². The van der Waals surface area contributed by atoms with Crippen LogP contribution < -0.4 is 9.46 Å². The van der Waals surface area contributed by atoms with Crippen molar-refractivity contribution < 1.29 is 35.8 Å². The number of hydrogen-bond acceptors (Lipinski definition) is 5. The minimum atomic E-state index is -4.28. The molecule has 0 spiro atoms. The maximum absolute atomic E-state index is 14.8. The minimum Gasteiger partial charge on any atom is -0.494 e. The van der Waals surface area contributed by atoms with E-state index in [1.807, 2.05) is 22.6 Å². The number of nitrogens with one attached hydrogen (secondary N) is 1. The molecular formula is C22H23F3INO5S. The van der Waals surface area contributed by atoms with E-state index < -0.39 is 51.4 Å². The van der Waals surface area contributed by atoms with Gasteiger partial charge in [-0.25, -0.2) is 21.6 Å². The maximum Gasteiger partial charge on any atom is 0.257 e. The van der Waals surface area contributed by atoms with Crippen LogP contribution in [0, 0.1) is 21.0 Å². The molecule has 0 aromatic heterocycles. The van der Waals surface area contributed by atoms with Crippen molar-refractivity contribution in [2.24, 2.45) is 0 Å². The molecule has 0 amide bonds. The van der Waals surface area contributed by atoms with Crippen molar-refractivity contribution in [1.29, 1.82) is 0 Å². The number of benzene rings is 2. The van der Waals surface area contributed by atoms with Crippen molar-refractivity contribution >= 4 is 38.3 Å². The molecule has 2 aromatic carbocycles. The summed E-state index contributed by atoms with van der Waals surface area (Å²) in [6.07, 6.45) is -1.04. The van der Waals surface area contributed by atoms with Gasteiger partial charge in [0.05, 0.1) is 30.4 Å². The highest BCUT2D eigenvalue weighted by Gasteiger charge is 2.35. The summed E-state index contributed by atoms with van der Waals surface area (Å²) in [4.78, 5) is -0.244. The first kappa shape index (κ1) is 25.8. The van der Waals surface area contributed by atoms with Crippen LogP contribution in [0.25, 0.3) is 0 Å². The van der Waals surface area contributed by atoms with Crippen LogP contribution in [-0.4, -0.2) is 34.0 Å². The van der Waals surface area contributed by atoms with Gasteiger partial charge in [0.25, 0.3) is 10.0 Å². The van der Waals surface area contributed by atoms with Crippen molar-refractivity contribution in [3.63, 3.8) is 0 Å². The highest BCUT2D eigenvalue weighted by atomic mass is 127. The highest BCUT2D eigenvalue weighted by Crippen LogP contribution is 2.37. The fourth-order valence-electron chi connectivity index (χ4n) is 3.38. The molecule has 0 radical (unpaired) electrons. The number of anilines is 1. The van der Waals surface area contributed by atoms with Gasteiger partial charge in [0.1, 0.15) is 11.6 Å². The molecule has 0 saturated carbocycles. The minimum absolute atomic E-state index is 0.0555. The van der Waals surface area contributed by atoms with E-state index in [0.717, 1.165) is 6.07 Å². The zero-order valence-corrected chi connectivity index (χ0v) is 21.2. The molecule has 1 aliphatic heterocycles. The van der Waals surface area contributed by atoms with Crippen LogP contribution in [-0.2, 0) is 25.9 Å². The molecule has 1 saturated heterocycles. The number of methoxy groups -OCH3 is 1. The zero-order valence-electron chi connectivity index (χ0n) is 18.2. The van der Waals surface area contributed by atoms with E-state index in [4.69, 9.17) is 14.2 Å². The Morgan fingerprint density at radius 3 is 2.55 bits per heavy atom. The molecule has 1 N–H and O–H groups in total. The first-order valence-corrected chi connectivity index (χ1v) is 12.4. The average Bonchev–Trinajstić information content (AvgIpc) is 3.06. The van der Waals surface area contributed by atoms with Crippen LogP contribution in [0.3, 0.4) is 0 Å². The van der Waals surface area contributed by atoms with E-state index in [1.165, 1.54) is 19.2 Å². The smallest absolute Gasteiger partial charge is 0.257 e. The van der Waals surface area contributed by atoms with Gasteiger partial charge in [0.15, 0.2) is 17.4 Å². The fraction of sp³-hybridized carbons (Fsp3) is 0.364. The van der Waals surface area contributed by atoms with Crippen molar-refractivity contribution in [3.8, 4) is 5.75 Å². The van der Waals surface area contributed by atoms with Gasteiger partial charge in [0, 0.05) is 28.0 Å². The average molecular weight is 597 g/mol. The number of halogens is 4. The Kier molecular flexibility index (Phi) is 7.66. The molecule has 3 rings (SSSR count). The standard InChI is InChI=1S/C22H23F3INO5S/c1-12(7-15-11-31-22(2,3)32-15)33(28,29)27-21-16(20(25)18(24)10-19(21)30-4)8-13-5-6-14(26)9-17(13)23/h5-6,9-10,15,27H,1,7-8,11H2,2-4H3/t15-/m0/s1. The Morgan fingerprint density at radius 2 is 1.97 bits per heavy atom. The Labute approximate surface area is 204 Å². The predicted octanol–water partition coefficient (Wildman–Crippen LogP) is 5.10. The molecule has 0 aliphatic carbocycles. The van der Waals surface area contributed by atoms with Gasteiger partial charge in [-0.2, -0.15) is 0 Å². The normalized spacial score (nSPS) is 17.7. The topological polar surface area (TPSA) is 73.9 Å².